The molecule has 3 atom stereocenters. The number of amides is 1. The third-order valence-corrected chi connectivity index (χ3v) is 11.8. The number of alkyl halides is 4. The molecule has 2 N–H and O–H groups in total. The van der Waals surface area contributed by atoms with E-state index in [-0.39, 0.29) is 6.61 Å². The van der Waals surface area contributed by atoms with Crippen molar-refractivity contribution in [3.63, 3.8) is 0 Å². The number of likely N-dealkylation sites (tertiary alicyclic amines) is 1. The molecule has 1 saturated heterocycles. The Kier molecular flexibility index (Phi) is 10.7. The summed E-state index contributed by atoms with van der Waals surface area (Å²) in [7, 11) is 0. The maximum atomic E-state index is 14.8. The van der Waals surface area contributed by atoms with Crippen LogP contribution >= 0.6 is 0 Å². The second-order valence-electron chi connectivity index (χ2n) is 16.6. The predicted octanol–water partition coefficient (Wildman–Crippen LogP) is 8.41. The highest BCUT2D eigenvalue weighted by molar-refractivity contribution is 5.98. The van der Waals surface area contributed by atoms with Gasteiger partial charge in [0.2, 0.25) is 0 Å². The van der Waals surface area contributed by atoms with Crippen molar-refractivity contribution in [2.24, 2.45) is 5.92 Å². The fourth-order valence-electron chi connectivity index (χ4n) is 9.42. The van der Waals surface area contributed by atoms with Crippen molar-refractivity contribution < 1.29 is 56.1 Å². The van der Waals surface area contributed by atoms with Crippen LogP contribution in [0.15, 0.2) is 127 Å². The molecule has 1 fully saturated rings. The molecule has 1 heterocycles. The van der Waals surface area contributed by atoms with Crippen LogP contribution < -0.4 is 5.32 Å². The first-order valence-electron chi connectivity index (χ1n) is 19.9. The van der Waals surface area contributed by atoms with Crippen LogP contribution in [0.25, 0.3) is 22.3 Å². The molecular weight excluding hydrogens is 809 g/mol. The van der Waals surface area contributed by atoms with Crippen LogP contribution in [0.5, 0.6) is 0 Å². The number of carbonyl (C=O) groups excluding carboxylic acids is 3. The summed E-state index contributed by atoms with van der Waals surface area (Å²) < 4.78 is 72.9. The van der Waals surface area contributed by atoms with Crippen molar-refractivity contribution in [2.75, 3.05) is 19.8 Å². The second-order valence-corrected chi connectivity index (χ2v) is 16.6. The van der Waals surface area contributed by atoms with Crippen LogP contribution in [-0.4, -0.2) is 83.3 Å². The van der Waals surface area contributed by atoms with Crippen molar-refractivity contribution in [2.45, 2.75) is 61.8 Å². The van der Waals surface area contributed by atoms with Gasteiger partial charge in [0.1, 0.15) is 24.2 Å². The average molecular weight is 851 g/mol. The standard InChI is InChI=1S/C48H42F4N2O8/c1-45(2,3)62-41(57)38-39(40(55)56)54(48(28-15-5-4-6-16-28)36-23-13-11-21-33(36)34-22-12-14-24-37(34)48)26-46(38,43(58)61-27-47(51,52)42(49)50)53-44(59)60-25-35-31-19-9-7-17-29(31)30-18-8-10-20-32(30)35/h4-24,35,38-39,42H,25-27H2,1-3H3,(H,53,59)(H,55,56)/t38-,39+,46+/m1/s1. The van der Waals surface area contributed by atoms with Crippen molar-refractivity contribution in [1.29, 1.82) is 0 Å². The molecule has 2 aliphatic carbocycles. The smallest absolute Gasteiger partial charge is 0.408 e. The molecular formula is C48H42F4N2O8. The van der Waals surface area contributed by atoms with Gasteiger partial charge in [0.05, 0.1) is 5.54 Å². The summed E-state index contributed by atoms with van der Waals surface area (Å²) in [5, 5.41) is 13.8. The molecule has 0 saturated carbocycles. The van der Waals surface area contributed by atoms with E-state index in [2.05, 4.69) is 5.32 Å². The molecule has 8 rings (SSSR count). The van der Waals surface area contributed by atoms with Crippen LogP contribution in [0.3, 0.4) is 0 Å². The molecule has 0 radical (unpaired) electrons. The number of esters is 2. The van der Waals surface area contributed by atoms with Crippen molar-refractivity contribution in [3.8, 4) is 22.3 Å². The lowest BCUT2D eigenvalue weighted by molar-refractivity contribution is -0.188. The quantitative estimate of drug-likeness (QED) is 0.0765. The monoisotopic (exact) mass is 850 g/mol. The van der Waals surface area contributed by atoms with Gasteiger partial charge in [-0.2, -0.15) is 8.78 Å². The lowest BCUT2D eigenvalue weighted by atomic mass is 9.78. The molecule has 14 heteroatoms. The summed E-state index contributed by atoms with van der Waals surface area (Å²) >= 11 is 0. The molecule has 10 nitrogen and oxygen atoms in total. The third kappa shape index (κ3) is 6.95. The van der Waals surface area contributed by atoms with E-state index in [0.29, 0.717) is 27.8 Å². The van der Waals surface area contributed by atoms with Crippen LogP contribution in [-0.2, 0) is 34.1 Å². The van der Waals surface area contributed by atoms with Gasteiger partial charge >= 0.3 is 36.3 Å². The Bertz CT molecular complexity index is 2470. The van der Waals surface area contributed by atoms with Gasteiger partial charge in [-0.1, -0.05) is 127 Å². The summed E-state index contributed by atoms with van der Waals surface area (Å²) in [6.07, 6.45) is -5.60. The first-order chi connectivity index (χ1) is 29.5. The van der Waals surface area contributed by atoms with E-state index in [1.54, 1.807) is 66.7 Å². The van der Waals surface area contributed by atoms with Crippen LogP contribution in [0.2, 0.25) is 0 Å². The highest BCUT2D eigenvalue weighted by atomic mass is 19.3. The molecule has 62 heavy (non-hydrogen) atoms. The Morgan fingerprint density at radius 3 is 1.76 bits per heavy atom. The second kappa shape index (κ2) is 15.7. The summed E-state index contributed by atoms with van der Waals surface area (Å²) in [5.74, 6) is -12.3. The van der Waals surface area contributed by atoms with Gasteiger partial charge in [0, 0.05) is 12.5 Å². The molecule has 0 unspecified atom stereocenters. The largest absolute Gasteiger partial charge is 0.480 e. The van der Waals surface area contributed by atoms with Gasteiger partial charge in [0.25, 0.3) is 0 Å². The zero-order valence-electron chi connectivity index (χ0n) is 33.8. The SMILES string of the molecule is CC(C)(C)OC(=O)[C@H]1[C@@H](C(=O)O)N(C2(c3ccccc3)c3ccccc3-c3ccccc32)C[C@@]1(NC(=O)OCC1c2ccccc2-c2ccccc21)C(=O)OCC(F)(F)C(F)F. The van der Waals surface area contributed by atoms with Crippen LogP contribution in [0, 0.1) is 5.92 Å². The normalized spacial score (nSPS) is 20.1. The van der Waals surface area contributed by atoms with Gasteiger partial charge in [-0.25, -0.2) is 18.4 Å². The van der Waals surface area contributed by atoms with E-state index in [1.807, 2.05) is 60.7 Å². The number of hydrogen-bond acceptors (Lipinski definition) is 8. The highest BCUT2D eigenvalue weighted by Crippen LogP contribution is 2.58. The topological polar surface area (TPSA) is 131 Å². The van der Waals surface area contributed by atoms with Gasteiger partial charge in [-0.05, 0) is 70.8 Å². The van der Waals surface area contributed by atoms with E-state index in [1.165, 1.54) is 25.7 Å². The number of alkyl carbamates (subject to hydrolysis) is 1. The van der Waals surface area contributed by atoms with Gasteiger partial charge in [-0.15, -0.1) is 0 Å². The number of nitrogens with one attached hydrogen (secondary N) is 1. The third-order valence-electron chi connectivity index (χ3n) is 11.8. The summed E-state index contributed by atoms with van der Waals surface area (Å²) in [6.45, 7) is 1.10. The molecule has 3 aliphatic rings. The fraction of sp³-hybridized carbons (Fsp3) is 0.292. The van der Waals surface area contributed by atoms with Crippen molar-refractivity contribution >= 4 is 24.0 Å². The van der Waals surface area contributed by atoms with E-state index >= 15 is 0 Å². The number of carbonyl (C=O) groups is 4. The lowest BCUT2D eigenvalue weighted by Crippen LogP contribution is -2.64. The number of hydrogen-bond donors (Lipinski definition) is 2. The number of carboxylic acids is 1. The summed E-state index contributed by atoms with van der Waals surface area (Å²) in [6, 6.07) is 35.8. The molecule has 1 amide bonds. The fourth-order valence-corrected chi connectivity index (χ4v) is 9.42. The summed E-state index contributed by atoms with van der Waals surface area (Å²) in [4.78, 5) is 59.3. The number of carboxylic acid groups (broad SMARTS) is 1. The minimum Gasteiger partial charge on any atom is -0.480 e. The molecule has 5 aromatic carbocycles. The maximum absolute atomic E-state index is 14.8. The number of nitrogens with zero attached hydrogens (tertiary/aromatic N) is 1. The van der Waals surface area contributed by atoms with Gasteiger partial charge < -0.3 is 24.6 Å². The molecule has 0 bridgehead atoms. The number of benzene rings is 5. The Hall–Kier alpha value is -6.54. The van der Waals surface area contributed by atoms with E-state index in [0.717, 1.165) is 22.3 Å². The Morgan fingerprint density at radius 1 is 0.742 bits per heavy atom. The predicted molar refractivity (Wildman–Crippen MR) is 219 cm³/mol. The van der Waals surface area contributed by atoms with E-state index in [9.17, 15) is 41.8 Å². The molecule has 5 aromatic rings. The summed E-state index contributed by atoms with van der Waals surface area (Å²) in [5.41, 5.74) is 0.540. The number of halogens is 4. The van der Waals surface area contributed by atoms with E-state index in [4.69, 9.17) is 14.2 Å². The molecule has 0 aromatic heterocycles. The Balaban J connectivity index is 1.31. The first-order valence-corrected chi connectivity index (χ1v) is 19.9. The Morgan fingerprint density at radius 2 is 1.24 bits per heavy atom. The Labute approximate surface area is 354 Å². The maximum Gasteiger partial charge on any atom is 0.408 e. The number of rotatable bonds is 11. The highest BCUT2D eigenvalue weighted by Gasteiger charge is 2.70. The minimum atomic E-state index is -4.86. The average Bonchev–Trinajstić information content (AvgIpc) is 3.87. The van der Waals surface area contributed by atoms with Gasteiger partial charge in [0.15, 0.2) is 12.1 Å². The van der Waals surface area contributed by atoms with Crippen molar-refractivity contribution in [1.82, 2.24) is 10.2 Å². The minimum absolute atomic E-state index is 0.313. The van der Waals surface area contributed by atoms with Crippen LogP contribution in [0.1, 0.15) is 54.5 Å². The first kappa shape index (κ1) is 42.2. The number of ether oxygens (including phenoxy) is 3. The molecule has 320 valence electrons. The van der Waals surface area contributed by atoms with Crippen LogP contribution in [0.4, 0.5) is 22.4 Å². The molecule has 0 spiro atoms. The lowest BCUT2D eigenvalue weighted by Gasteiger charge is -2.44. The van der Waals surface area contributed by atoms with Gasteiger partial charge in [-0.3, -0.25) is 14.5 Å². The number of fused-ring (bicyclic) bond motifs is 6. The number of aliphatic carboxylic acids is 1. The van der Waals surface area contributed by atoms with Crippen molar-refractivity contribution in [3.05, 3.63) is 155 Å². The zero-order valence-corrected chi connectivity index (χ0v) is 33.8. The molecule has 1 aliphatic heterocycles. The zero-order chi connectivity index (χ0) is 44.2. The van der Waals surface area contributed by atoms with E-state index < -0.39 is 84.1 Å².